The number of hydrogen-bond donors (Lipinski definition) is 0. The highest BCUT2D eigenvalue weighted by atomic mass is 127. The van der Waals surface area contributed by atoms with Gasteiger partial charge in [-0.1, -0.05) is 70.6 Å². The van der Waals surface area contributed by atoms with Crippen molar-refractivity contribution in [2.75, 3.05) is 0 Å². The van der Waals surface area contributed by atoms with Crippen molar-refractivity contribution in [1.29, 1.82) is 0 Å². The molecule has 66 valence electrons. The number of rotatable bonds is 1. The first-order valence-corrected chi connectivity index (χ1v) is 5.57. The molecule has 0 spiro atoms. The van der Waals surface area contributed by atoms with Gasteiger partial charge in [0.25, 0.3) is 0 Å². The third-order valence-electron chi connectivity index (χ3n) is 0.563. The van der Waals surface area contributed by atoms with Crippen molar-refractivity contribution in [1.82, 2.24) is 0 Å². The smallest absolute Gasteiger partial charge is 0.00787 e. The molecule has 0 bridgehead atoms. The molecule has 0 amide bonds. The van der Waals surface area contributed by atoms with Gasteiger partial charge in [0.2, 0.25) is 0 Å². The monoisotopic (exact) mass is 258 g/mol. The Bertz CT molecular complexity index is 25.9. The Kier molecular flexibility index (Phi) is 38.4. The lowest BCUT2D eigenvalue weighted by Gasteiger charge is -1.88. The van der Waals surface area contributed by atoms with E-state index in [0.29, 0.717) is 0 Å². The molecule has 0 saturated heterocycles. The van der Waals surface area contributed by atoms with Crippen LogP contribution >= 0.6 is 22.6 Å². The second kappa shape index (κ2) is 22.6. The second-order valence-corrected chi connectivity index (χ2v) is 4.02. The van der Waals surface area contributed by atoms with Gasteiger partial charge in [-0.25, -0.2) is 0 Å². The van der Waals surface area contributed by atoms with E-state index in [-0.39, 0.29) is 0 Å². The Balaban J connectivity index is -0.0000000847. The molecule has 0 aromatic rings. The van der Waals surface area contributed by atoms with Gasteiger partial charge in [0.05, 0.1) is 0 Å². The van der Waals surface area contributed by atoms with Crippen LogP contribution in [-0.2, 0) is 0 Å². The molecule has 0 heterocycles. The van der Waals surface area contributed by atoms with Gasteiger partial charge >= 0.3 is 0 Å². The summed E-state index contributed by atoms with van der Waals surface area (Å²) in [5, 5.41) is 0. The van der Waals surface area contributed by atoms with E-state index in [1.54, 1.807) is 0 Å². The first-order valence-electron chi connectivity index (χ1n) is 4.33. The number of alkyl halides is 1. The molecule has 0 aromatic carbocycles. The molecule has 0 aromatic heterocycles. The molecule has 1 heteroatoms. The zero-order chi connectivity index (χ0) is 8.99. The average molecular weight is 258 g/mol. The topological polar surface area (TPSA) is 0 Å². The van der Waals surface area contributed by atoms with Crippen molar-refractivity contribution in [3.8, 4) is 0 Å². The van der Waals surface area contributed by atoms with Crippen LogP contribution in [0.2, 0.25) is 0 Å². The van der Waals surface area contributed by atoms with Crippen molar-refractivity contribution >= 4 is 22.6 Å². The lowest BCUT2D eigenvalue weighted by atomic mass is 10.4. The Hall–Kier alpha value is 0.730. The molecule has 0 nitrogen and oxygen atoms in total. The van der Waals surface area contributed by atoms with Crippen molar-refractivity contribution in [3.05, 3.63) is 0 Å². The van der Waals surface area contributed by atoms with E-state index in [1.807, 2.05) is 13.8 Å². The largest absolute Gasteiger partial charge is 0.0829 e. The number of halogens is 1. The van der Waals surface area contributed by atoms with E-state index < -0.39 is 0 Å². The van der Waals surface area contributed by atoms with Gasteiger partial charge in [-0.15, -0.1) is 0 Å². The summed E-state index contributed by atoms with van der Waals surface area (Å²) in [4.78, 5) is 0. The van der Waals surface area contributed by atoms with Gasteiger partial charge in [-0.3, -0.25) is 0 Å². The molecule has 0 N–H and O–H groups in total. The van der Waals surface area contributed by atoms with Crippen LogP contribution < -0.4 is 0 Å². The second-order valence-electron chi connectivity index (χ2n) is 1.90. The predicted molar refractivity (Wildman–Crippen MR) is 61.1 cm³/mol. The summed E-state index contributed by atoms with van der Waals surface area (Å²) in [6.07, 6.45) is 2.54. The zero-order valence-corrected chi connectivity index (χ0v) is 10.5. The van der Waals surface area contributed by atoms with Crippen molar-refractivity contribution < 1.29 is 0 Å². The summed E-state index contributed by atoms with van der Waals surface area (Å²) >= 11 is 2.41. The van der Waals surface area contributed by atoms with Gasteiger partial charge in [0.1, 0.15) is 0 Å². The predicted octanol–water partition coefficient (Wildman–Crippen LogP) is 4.66. The Morgan fingerprint density at radius 1 is 1.10 bits per heavy atom. The zero-order valence-electron chi connectivity index (χ0n) is 8.37. The van der Waals surface area contributed by atoms with Crippen LogP contribution in [0.5, 0.6) is 0 Å². The summed E-state index contributed by atoms with van der Waals surface area (Å²) in [6, 6.07) is 0. The average Bonchev–Trinajstić information content (AvgIpc) is 1.94. The van der Waals surface area contributed by atoms with E-state index in [0.717, 1.165) is 3.92 Å². The fourth-order valence-corrected chi connectivity index (χ4v) is 0. The molecule has 10 heavy (non-hydrogen) atoms. The van der Waals surface area contributed by atoms with Crippen molar-refractivity contribution in [2.24, 2.45) is 0 Å². The van der Waals surface area contributed by atoms with Gasteiger partial charge in [0, 0.05) is 3.92 Å². The molecule has 0 fully saturated rings. The lowest BCUT2D eigenvalue weighted by Crippen LogP contribution is -1.79. The quantitative estimate of drug-likeness (QED) is 0.474. The lowest BCUT2D eigenvalue weighted by molar-refractivity contribution is 0.938. The third kappa shape index (κ3) is 70.0. The third-order valence-corrected chi connectivity index (χ3v) is 1.44. The Morgan fingerprint density at radius 3 is 1.20 bits per heavy atom. The maximum atomic E-state index is 2.41. The SMILES string of the molecule is CC.CCC.CCC(C)I. The van der Waals surface area contributed by atoms with Gasteiger partial charge in [-0.2, -0.15) is 0 Å². The minimum atomic E-state index is 0.854. The van der Waals surface area contributed by atoms with Crippen LogP contribution in [0, 0.1) is 0 Å². The van der Waals surface area contributed by atoms with E-state index in [1.165, 1.54) is 12.8 Å². The summed E-state index contributed by atoms with van der Waals surface area (Å²) in [5.41, 5.74) is 0. The summed E-state index contributed by atoms with van der Waals surface area (Å²) in [6.45, 7) is 12.7. The highest BCUT2D eigenvalue weighted by molar-refractivity contribution is 14.1. The van der Waals surface area contributed by atoms with Crippen LogP contribution in [0.4, 0.5) is 0 Å². The van der Waals surface area contributed by atoms with Crippen LogP contribution in [0.1, 0.15) is 54.4 Å². The first kappa shape index (κ1) is 17.0. The molecule has 0 aliphatic rings. The number of hydrogen-bond acceptors (Lipinski definition) is 0. The fourth-order valence-electron chi connectivity index (χ4n) is 0. The van der Waals surface area contributed by atoms with Crippen molar-refractivity contribution in [3.63, 3.8) is 0 Å². The van der Waals surface area contributed by atoms with E-state index in [2.05, 4.69) is 50.3 Å². The minimum absolute atomic E-state index is 0.854. The maximum Gasteiger partial charge on any atom is 0.00787 e. The Morgan fingerprint density at radius 2 is 1.20 bits per heavy atom. The normalized spacial score (nSPS) is 9.90. The fraction of sp³-hybridized carbons (Fsp3) is 1.00. The standard InChI is InChI=1S/C4H9I.C3H8.C2H6/c1-3-4(2)5;1-3-2;1-2/h4H,3H2,1-2H3;3H2,1-2H3;1-2H3. The van der Waals surface area contributed by atoms with Gasteiger partial charge in [0.15, 0.2) is 0 Å². The van der Waals surface area contributed by atoms with Crippen LogP contribution in [-0.4, -0.2) is 3.92 Å². The maximum absolute atomic E-state index is 2.41. The molecular formula is C9H23I. The molecule has 1 unspecified atom stereocenters. The van der Waals surface area contributed by atoms with Crippen molar-refractivity contribution in [2.45, 2.75) is 58.3 Å². The molecule has 0 rings (SSSR count). The van der Waals surface area contributed by atoms with Crippen LogP contribution in [0.25, 0.3) is 0 Å². The summed E-state index contributed by atoms with van der Waals surface area (Å²) in [7, 11) is 0. The highest BCUT2D eigenvalue weighted by Gasteiger charge is 1.82. The first-order chi connectivity index (χ1) is 4.68. The van der Waals surface area contributed by atoms with E-state index in [4.69, 9.17) is 0 Å². The molecule has 0 aliphatic heterocycles. The molecule has 0 radical (unpaired) electrons. The minimum Gasteiger partial charge on any atom is -0.0829 e. The van der Waals surface area contributed by atoms with E-state index in [9.17, 15) is 0 Å². The molecular weight excluding hydrogens is 235 g/mol. The molecule has 0 aliphatic carbocycles. The highest BCUT2D eigenvalue weighted by Crippen LogP contribution is 2.00. The van der Waals surface area contributed by atoms with Gasteiger partial charge in [-0.05, 0) is 6.42 Å². The summed E-state index contributed by atoms with van der Waals surface area (Å²) in [5.74, 6) is 0. The van der Waals surface area contributed by atoms with Gasteiger partial charge < -0.3 is 0 Å². The van der Waals surface area contributed by atoms with Crippen LogP contribution in [0.3, 0.4) is 0 Å². The van der Waals surface area contributed by atoms with E-state index >= 15 is 0 Å². The molecule has 0 saturated carbocycles. The summed E-state index contributed by atoms with van der Waals surface area (Å²) < 4.78 is 0.854. The molecule has 1 atom stereocenters. The Labute approximate surface area is 80.9 Å². The van der Waals surface area contributed by atoms with Crippen LogP contribution in [0.15, 0.2) is 0 Å².